The highest BCUT2D eigenvalue weighted by atomic mass is 16.5. The first-order valence-electron chi connectivity index (χ1n) is 13.5. The number of carbonyl (C=O) groups is 1. The Morgan fingerprint density at radius 2 is 1.35 bits per heavy atom. The highest BCUT2D eigenvalue weighted by molar-refractivity contribution is 5.94. The predicted octanol–water partition coefficient (Wildman–Crippen LogP) is 6.48. The van der Waals surface area contributed by atoms with Gasteiger partial charge in [-0.15, -0.1) is 0 Å². The molecule has 0 radical (unpaired) electrons. The molecule has 2 amide bonds. The van der Waals surface area contributed by atoms with Gasteiger partial charge in [-0.2, -0.15) is 0 Å². The smallest absolute Gasteiger partial charge is 0.324 e. The summed E-state index contributed by atoms with van der Waals surface area (Å²) in [5.74, 6) is 0.734. The SMILES string of the molecule is COc1cccc(N2CCN(Cc3ncn(C(c4ccccc4)(c4ccccc4)c4ccccc4)c3C)C2=O)c1. The van der Waals surface area contributed by atoms with Crippen LogP contribution in [0.5, 0.6) is 5.75 Å². The van der Waals surface area contributed by atoms with Crippen molar-refractivity contribution in [3.63, 3.8) is 0 Å². The first kappa shape index (κ1) is 25.4. The topological polar surface area (TPSA) is 50.6 Å². The van der Waals surface area contributed by atoms with Gasteiger partial charge in [-0.25, -0.2) is 9.78 Å². The summed E-state index contributed by atoms with van der Waals surface area (Å²) in [6.45, 7) is 3.79. The highest BCUT2D eigenvalue weighted by Gasteiger charge is 2.40. The Morgan fingerprint density at radius 1 is 0.775 bits per heavy atom. The van der Waals surface area contributed by atoms with Crippen molar-refractivity contribution in [3.05, 3.63) is 150 Å². The zero-order chi connectivity index (χ0) is 27.5. The predicted molar refractivity (Wildman–Crippen MR) is 158 cm³/mol. The molecule has 1 aliphatic rings. The van der Waals surface area contributed by atoms with Gasteiger partial charge in [-0.1, -0.05) is 97.1 Å². The minimum Gasteiger partial charge on any atom is -0.497 e. The van der Waals surface area contributed by atoms with Gasteiger partial charge in [-0.3, -0.25) is 4.90 Å². The number of ether oxygens (including phenoxy) is 1. The van der Waals surface area contributed by atoms with Crippen LogP contribution in [0.25, 0.3) is 0 Å². The average molecular weight is 529 g/mol. The molecule has 0 atom stereocenters. The second-order valence-electron chi connectivity index (χ2n) is 10.0. The van der Waals surface area contributed by atoms with Gasteiger partial charge in [0.15, 0.2) is 0 Å². The largest absolute Gasteiger partial charge is 0.497 e. The summed E-state index contributed by atoms with van der Waals surface area (Å²) in [7, 11) is 1.64. The van der Waals surface area contributed by atoms with E-state index in [-0.39, 0.29) is 6.03 Å². The third-order valence-corrected chi connectivity index (χ3v) is 7.84. The molecule has 2 heterocycles. The molecule has 0 N–H and O–H groups in total. The van der Waals surface area contributed by atoms with E-state index in [1.54, 1.807) is 12.0 Å². The molecule has 0 saturated carbocycles. The van der Waals surface area contributed by atoms with Crippen LogP contribution < -0.4 is 9.64 Å². The lowest BCUT2D eigenvalue weighted by Crippen LogP contribution is -2.38. The molecular formula is C34H32N4O2. The van der Waals surface area contributed by atoms with Crippen LogP contribution in [0.2, 0.25) is 0 Å². The molecule has 6 rings (SSSR count). The Bertz CT molecular complexity index is 1500. The van der Waals surface area contributed by atoms with Crippen LogP contribution in [-0.2, 0) is 12.1 Å². The van der Waals surface area contributed by atoms with E-state index in [9.17, 15) is 4.79 Å². The lowest BCUT2D eigenvalue weighted by Gasteiger charge is -2.38. The van der Waals surface area contributed by atoms with Crippen LogP contribution in [0.3, 0.4) is 0 Å². The van der Waals surface area contributed by atoms with Crippen LogP contribution in [0.4, 0.5) is 10.5 Å². The van der Waals surface area contributed by atoms with E-state index in [0.29, 0.717) is 19.6 Å². The van der Waals surface area contributed by atoms with Gasteiger partial charge in [0.25, 0.3) is 0 Å². The minimum atomic E-state index is -0.638. The van der Waals surface area contributed by atoms with Gasteiger partial charge < -0.3 is 14.2 Å². The molecule has 1 aliphatic heterocycles. The maximum Gasteiger partial charge on any atom is 0.324 e. The van der Waals surface area contributed by atoms with Crippen LogP contribution in [-0.4, -0.2) is 40.7 Å². The van der Waals surface area contributed by atoms with Gasteiger partial charge in [0.05, 0.1) is 25.7 Å². The van der Waals surface area contributed by atoms with Crippen LogP contribution in [0.15, 0.2) is 122 Å². The number of methoxy groups -OCH3 is 1. The van der Waals surface area contributed by atoms with E-state index in [0.717, 1.165) is 39.5 Å². The Labute approximate surface area is 235 Å². The van der Waals surface area contributed by atoms with Gasteiger partial charge >= 0.3 is 6.03 Å². The lowest BCUT2D eigenvalue weighted by molar-refractivity contribution is 0.218. The molecule has 4 aromatic carbocycles. The fourth-order valence-corrected chi connectivity index (χ4v) is 5.82. The summed E-state index contributed by atoms with van der Waals surface area (Å²) in [5, 5.41) is 0. The van der Waals surface area contributed by atoms with E-state index < -0.39 is 5.54 Å². The summed E-state index contributed by atoms with van der Waals surface area (Å²) >= 11 is 0. The summed E-state index contributed by atoms with van der Waals surface area (Å²) in [5.41, 5.74) is 5.52. The number of benzene rings is 4. The molecule has 6 heteroatoms. The van der Waals surface area contributed by atoms with E-state index in [1.165, 1.54) is 0 Å². The Morgan fingerprint density at radius 3 is 1.90 bits per heavy atom. The molecule has 5 aromatic rings. The molecule has 0 bridgehead atoms. The summed E-state index contributed by atoms with van der Waals surface area (Å²) in [4.78, 5) is 22.0. The third-order valence-electron chi connectivity index (χ3n) is 7.84. The zero-order valence-electron chi connectivity index (χ0n) is 22.8. The number of hydrogen-bond donors (Lipinski definition) is 0. The Hall–Kier alpha value is -4.84. The number of urea groups is 1. The van der Waals surface area contributed by atoms with Crippen molar-refractivity contribution < 1.29 is 9.53 Å². The molecule has 0 aliphatic carbocycles. The van der Waals surface area contributed by atoms with E-state index in [4.69, 9.17) is 9.72 Å². The number of hydrogen-bond acceptors (Lipinski definition) is 3. The van der Waals surface area contributed by atoms with Crippen molar-refractivity contribution in [1.29, 1.82) is 0 Å². The second kappa shape index (κ2) is 10.7. The lowest BCUT2D eigenvalue weighted by atomic mass is 9.76. The fraction of sp³-hybridized carbons (Fsp3) is 0.176. The normalized spacial score (nSPS) is 13.6. The van der Waals surface area contributed by atoms with Crippen molar-refractivity contribution in [3.8, 4) is 5.75 Å². The van der Waals surface area contributed by atoms with Gasteiger partial charge in [0.2, 0.25) is 0 Å². The molecule has 1 fully saturated rings. The first-order chi connectivity index (χ1) is 19.6. The summed E-state index contributed by atoms with van der Waals surface area (Å²) in [6.07, 6.45) is 1.93. The molecule has 1 aromatic heterocycles. The standard InChI is InChI=1S/C34H32N4O2/c1-26-32(24-36-21-22-37(33(36)39)30-19-12-20-31(23-30)40-2)35-25-38(26)34(27-13-6-3-7-14-27,28-15-8-4-9-16-28)29-17-10-5-11-18-29/h3-20,23,25H,21-22,24H2,1-2H3. The Kier molecular flexibility index (Phi) is 6.83. The van der Waals surface area contributed by atoms with Gasteiger partial charge in [0, 0.05) is 30.5 Å². The molecular weight excluding hydrogens is 496 g/mol. The monoisotopic (exact) mass is 528 g/mol. The fourth-order valence-electron chi connectivity index (χ4n) is 5.82. The molecule has 1 saturated heterocycles. The zero-order valence-corrected chi connectivity index (χ0v) is 22.8. The van der Waals surface area contributed by atoms with Crippen LogP contribution in [0, 0.1) is 6.92 Å². The van der Waals surface area contributed by atoms with E-state index in [1.807, 2.05) is 53.7 Å². The summed E-state index contributed by atoms with van der Waals surface area (Å²) in [6, 6.07) is 39.3. The van der Waals surface area contributed by atoms with E-state index in [2.05, 4.69) is 84.3 Å². The molecule has 0 unspecified atom stereocenters. The number of amides is 2. The molecule has 40 heavy (non-hydrogen) atoms. The van der Waals surface area contributed by atoms with Crippen molar-refractivity contribution in [2.45, 2.75) is 19.0 Å². The van der Waals surface area contributed by atoms with Gasteiger partial charge in [-0.05, 0) is 35.7 Å². The number of imidazole rings is 1. The Balaban J connectivity index is 1.41. The minimum absolute atomic E-state index is 0.0253. The number of nitrogens with zero attached hydrogens (tertiary/aromatic N) is 4. The van der Waals surface area contributed by atoms with Crippen molar-refractivity contribution in [2.75, 3.05) is 25.1 Å². The summed E-state index contributed by atoms with van der Waals surface area (Å²) < 4.78 is 7.63. The average Bonchev–Trinajstić information content (AvgIpc) is 3.57. The van der Waals surface area contributed by atoms with Crippen molar-refractivity contribution in [2.24, 2.45) is 0 Å². The van der Waals surface area contributed by atoms with Crippen molar-refractivity contribution in [1.82, 2.24) is 14.5 Å². The highest BCUT2D eigenvalue weighted by Crippen LogP contribution is 2.42. The van der Waals surface area contributed by atoms with Crippen molar-refractivity contribution >= 4 is 11.7 Å². The van der Waals surface area contributed by atoms with E-state index >= 15 is 0 Å². The number of aromatic nitrogens is 2. The van der Waals surface area contributed by atoms with Crippen LogP contribution >= 0.6 is 0 Å². The first-order valence-corrected chi connectivity index (χ1v) is 13.5. The maximum absolute atomic E-state index is 13.5. The quantitative estimate of drug-likeness (QED) is 0.217. The molecule has 0 spiro atoms. The number of carbonyl (C=O) groups excluding carboxylic acids is 1. The number of rotatable bonds is 8. The van der Waals surface area contributed by atoms with Crippen LogP contribution in [0.1, 0.15) is 28.1 Å². The van der Waals surface area contributed by atoms with Gasteiger partial charge in [0.1, 0.15) is 11.3 Å². The maximum atomic E-state index is 13.5. The molecule has 6 nitrogen and oxygen atoms in total. The second-order valence-corrected chi connectivity index (χ2v) is 10.0. The number of anilines is 1. The molecule has 200 valence electrons. The third kappa shape index (κ3) is 4.31.